The van der Waals surface area contributed by atoms with E-state index in [2.05, 4.69) is 15.2 Å². The van der Waals surface area contributed by atoms with Crippen LogP contribution in [-0.2, 0) is 11.3 Å². The molecule has 0 bridgehead atoms. The molecule has 0 aliphatic heterocycles. The molecule has 0 aliphatic carbocycles. The van der Waals surface area contributed by atoms with E-state index >= 15 is 0 Å². The lowest BCUT2D eigenvalue weighted by Crippen LogP contribution is -2.27. The predicted octanol–water partition coefficient (Wildman–Crippen LogP) is 5.13. The first-order valence-corrected chi connectivity index (χ1v) is 12.5. The minimum atomic E-state index is -0.134. The minimum absolute atomic E-state index is 0.0910. The highest BCUT2D eigenvalue weighted by atomic mass is 32.2. The molecule has 0 fully saturated rings. The Morgan fingerprint density at radius 2 is 1.75 bits per heavy atom. The van der Waals surface area contributed by atoms with Crippen molar-refractivity contribution in [3.8, 4) is 11.5 Å². The van der Waals surface area contributed by atoms with E-state index < -0.39 is 0 Å². The summed E-state index contributed by atoms with van der Waals surface area (Å²) >= 11 is 1.47. The first-order chi connectivity index (χ1) is 17.5. The van der Waals surface area contributed by atoms with Crippen molar-refractivity contribution in [2.75, 3.05) is 31.8 Å². The van der Waals surface area contributed by atoms with Crippen LogP contribution in [-0.4, -0.2) is 42.9 Å². The van der Waals surface area contributed by atoms with Gasteiger partial charge in [0.1, 0.15) is 11.5 Å². The molecule has 36 heavy (non-hydrogen) atoms. The van der Waals surface area contributed by atoms with E-state index in [-0.39, 0.29) is 17.6 Å². The van der Waals surface area contributed by atoms with Crippen LogP contribution < -0.4 is 20.1 Å². The van der Waals surface area contributed by atoms with Gasteiger partial charge in [0.05, 0.1) is 25.7 Å². The number of aryl methyl sites for hydroxylation is 1. The van der Waals surface area contributed by atoms with Crippen molar-refractivity contribution in [3.05, 3.63) is 84.1 Å². The number of benzene rings is 3. The van der Waals surface area contributed by atoms with Crippen LogP contribution in [0.15, 0.2) is 77.8 Å². The Hall–Kier alpha value is -3.91. The van der Waals surface area contributed by atoms with Gasteiger partial charge in [-0.15, -0.1) is 11.8 Å². The molecule has 0 saturated carbocycles. The zero-order valence-corrected chi connectivity index (χ0v) is 21.4. The summed E-state index contributed by atoms with van der Waals surface area (Å²) in [7, 11) is 3.13. The minimum Gasteiger partial charge on any atom is -0.497 e. The first-order valence-electron chi connectivity index (χ1n) is 11.6. The fourth-order valence-corrected chi connectivity index (χ4v) is 4.73. The maximum absolute atomic E-state index is 12.7. The second-order valence-electron chi connectivity index (χ2n) is 8.23. The predicted molar refractivity (Wildman–Crippen MR) is 144 cm³/mol. The summed E-state index contributed by atoms with van der Waals surface area (Å²) in [5, 5.41) is 6.97. The highest BCUT2D eigenvalue weighted by Gasteiger charge is 2.13. The molecule has 0 spiro atoms. The largest absolute Gasteiger partial charge is 0.497 e. The van der Waals surface area contributed by atoms with Crippen LogP contribution in [0.2, 0.25) is 0 Å². The summed E-state index contributed by atoms with van der Waals surface area (Å²) in [6, 6.07) is 20.8. The van der Waals surface area contributed by atoms with Crippen LogP contribution >= 0.6 is 11.8 Å². The highest BCUT2D eigenvalue weighted by Crippen LogP contribution is 2.32. The van der Waals surface area contributed by atoms with Gasteiger partial charge in [-0.1, -0.05) is 35.9 Å². The molecule has 2 N–H and O–H groups in total. The average molecular weight is 504 g/mol. The Morgan fingerprint density at radius 3 is 2.50 bits per heavy atom. The maximum atomic E-state index is 12.7. The number of carbonyl (C=O) groups is 2. The zero-order chi connectivity index (χ0) is 25.5. The van der Waals surface area contributed by atoms with Crippen molar-refractivity contribution in [2.24, 2.45) is 0 Å². The Morgan fingerprint density at radius 1 is 0.972 bits per heavy atom. The van der Waals surface area contributed by atoms with E-state index in [1.165, 1.54) is 11.8 Å². The molecule has 4 rings (SSSR count). The maximum Gasteiger partial charge on any atom is 0.251 e. The van der Waals surface area contributed by atoms with E-state index in [4.69, 9.17) is 9.47 Å². The molecule has 7 nitrogen and oxygen atoms in total. The number of hydrogen-bond acceptors (Lipinski definition) is 5. The molecule has 0 unspecified atom stereocenters. The number of thioether (sulfide) groups is 1. The van der Waals surface area contributed by atoms with Gasteiger partial charge in [0, 0.05) is 46.7 Å². The number of fused-ring (bicyclic) bond motifs is 1. The van der Waals surface area contributed by atoms with Crippen molar-refractivity contribution in [1.82, 2.24) is 9.88 Å². The fourth-order valence-electron chi connectivity index (χ4n) is 3.84. The number of carbonyl (C=O) groups excluding carboxylic acids is 2. The van der Waals surface area contributed by atoms with E-state index in [0.29, 0.717) is 35.8 Å². The van der Waals surface area contributed by atoms with Gasteiger partial charge in [-0.05, 0) is 37.3 Å². The zero-order valence-electron chi connectivity index (χ0n) is 20.5. The van der Waals surface area contributed by atoms with Gasteiger partial charge < -0.3 is 24.7 Å². The van der Waals surface area contributed by atoms with Gasteiger partial charge in [0.25, 0.3) is 5.91 Å². The van der Waals surface area contributed by atoms with Gasteiger partial charge in [0.2, 0.25) is 5.91 Å². The number of anilines is 1. The van der Waals surface area contributed by atoms with Gasteiger partial charge in [-0.25, -0.2) is 0 Å². The summed E-state index contributed by atoms with van der Waals surface area (Å²) in [5.74, 6) is 1.21. The molecular weight excluding hydrogens is 474 g/mol. The molecule has 0 radical (unpaired) electrons. The Bertz CT molecular complexity index is 1370. The second-order valence-corrected chi connectivity index (χ2v) is 9.25. The summed E-state index contributed by atoms with van der Waals surface area (Å²) in [5.41, 5.74) is 3.42. The third-order valence-corrected chi connectivity index (χ3v) is 6.79. The van der Waals surface area contributed by atoms with E-state index in [9.17, 15) is 9.59 Å². The number of aromatic nitrogens is 1. The monoisotopic (exact) mass is 503 g/mol. The SMILES string of the molecule is COc1ccc(NC(=O)CSc2cn(CCNC(=O)c3ccc(C)cc3)c3ccccc23)c(OC)c1. The van der Waals surface area contributed by atoms with Crippen LogP contribution in [0.4, 0.5) is 5.69 Å². The highest BCUT2D eigenvalue weighted by molar-refractivity contribution is 8.00. The number of ether oxygens (including phenoxy) is 2. The molecule has 0 atom stereocenters. The smallest absolute Gasteiger partial charge is 0.251 e. The summed E-state index contributed by atoms with van der Waals surface area (Å²) in [6.45, 7) is 3.11. The van der Waals surface area contributed by atoms with Gasteiger partial charge in [0.15, 0.2) is 0 Å². The van der Waals surface area contributed by atoms with Crippen LogP contribution in [0.3, 0.4) is 0 Å². The van der Waals surface area contributed by atoms with Crippen LogP contribution in [0.25, 0.3) is 10.9 Å². The normalized spacial score (nSPS) is 10.8. The topological polar surface area (TPSA) is 81.6 Å². The van der Waals surface area contributed by atoms with Crippen LogP contribution in [0, 0.1) is 6.92 Å². The number of para-hydroxylation sites is 1. The lowest BCUT2D eigenvalue weighted by Gasteiger charge is -2.11. The van der Waals surface area contributed by atoms with E-state index in [1.54, 1.807) is 32.4 Å². The summed E-state index contributed by atoms with van der Waals surface area (Å²) in [6.07, 6.45) is 2.04. The molecule has 3 aromatic carbocycles. The molecule has 0 aliphatic rings. The molecule has 1 heterocycles. The van der Waals surface area contributed by atoms with Crippen molar-refractivity contribution in [2.45, 2.75) is 18.4 Å². The van der Waals surface area contributed by atoms with Gasteiger partial charge >= 0.3 is 0 Å². The Kier molecular flexibility index (Phi) is 8.17. The Balaban J connectivity index is 1.38. The number of nitrogens with zero attached hydrogens (tertiary/aromatic N) is 1. The van der Waals surface area contributed by atoms with Crippen molar-refractivity contribution >= 4 is 40.2 Å². The van der Waals surface area contributed by atoms with Gasteiger partial charge in [-0.2, -0.15) is 0 Å². The average Bonchev–Trinajstić information content (AvgIpc) is 3.25. The first kappa shape index (κ1) is 25.2. The molecule has 0 saturated heterocycles. The lowest BCUT2D eigenvalue weighted by atomic mass is 10.1. The molecule has 4 aromatic rings. The van der Waals surface area contributed by atoms with Crippen LogP contribution in [0.1, 0.15) is 15.9 Å². The summed E-state index contributed by atoms with van der Waals surface area (Å²) in [4.78, 5) is 26.1. The molecule has 186 valence electrons. The number of hydrogen-bond donors (Lipinski definition) is 2. The molecule has 2 amide bonds. The summed E-state index contributed by atoms with van der Waals surface area (Å²) < 4.78 is 12.7. The number of rotatable bonds is 10. The number of amides is 2. The van der Waals surface area contributed by atoms with Crippen LogP contribution in [0.5, 0.6) is 11.5 Å². The standard InChI is InChI=1S/C28H29N3O4S/c1-19-8-10-20(11-9-19)28(33)29-14-15-31-17-26(22-6-4-5-7-24(22)31)36-18-27(32)30-23-13-12-21(34-2)16-25(23)35-3/h4-13,16-17H,14-15,18H2,1-3H3,(H,29,33)(H,30,32). The van der Waals surface area contributed by atoms with Gasteiger partial charge in [-0.3, -0.25) is 9.59 Å². The third kappa shape index (κ3) is 6.01. The number of methoxy groups -OCH3 is 2. The Labute approximate surface area is 214 Å². The molecular formula is C28H29N3O4S. The number of nitrogens with one attached hydrogen (secondary N) is 2. The molecule has 8 heteroatoms. The van der Waals surface area contributed by atoms with Crippen molar-refractivity contribution in [1.29, 1.82) is 0 Å². The van der Waals surface area contributed by atoms with E-state index in [1.807, 2.05) is 61.7 Å². The van der Waals surface area contributed by atoms with E-state index in [0.717, 1.165) is 21.4 Å². The fraction of sp³-hybridized carbons (Fsp3) is 0.214. The van der Waals surface area contributed by atoms with Crippen molar-refractivity contribution < 1.29 is 19.1 Å². The quantitative estimate of drug-likeness (QED) is 0.293. The second kappa shape index (κ2) is 11.7. The lowest BCUT2D eigenvalue weighted by molar-refractivity contribution is -0.113. The molecule has 1 aromatic heterocycles. The third-order valence-electron chi connectivity index (χ3n) is 5.75. The van der Waals surface area contributed by atoms with Crippen molar-refractivity contribution in [3.63, 3.8) is 0 Å².